The molecule has 13 heavy (non-hydrogen) atoms. The van der Waals surface area contributed by atoms with Crippen LogP contribution in [0, 0.1) is 0 Å². The molecule has 0 unspecified atom stereocenters. The van der Waals surface area contributed by atoms with Gasteiger partial charge in [-0.15, -0.1) is 0 Å². The van der Waals surface area contributed by atoms with Crippen LogP contribution in [0.4, 0.5) is 0 Å². The van der Waals surface area contributed by atoms with E-state index in [1.54, 1.807) is 11.3 Å². The van der Waals surface area contributed by atoms with E-state index in [1.807, 2.05) is 30.7 Å². The zero-order valence-corrected chi connectivity index (χ0v) is 8.76. The summed E-state index contributed by atoms with van der Waals surface area (Å²) in [5.74, 6) is 0.168. The van der Waals surface area contributed by atoms with E-state index < -0.39 is 0 Å². The number of thiophene rings is 1. The van der Waals surface area contributed by atoms with Crippen LogP contribution >= 0.6 is 11.3 Å². The Labute approximate surface area is 82.5 Å². The molecule has 0 aliphatic carbocycles. The first-order chi connectivity index (χ1) is 6.20. The summed E-state index contributed by atoms with van der Waals surface area (Å²) in [4.78, 5) is 11.4. The molecule has 0 bridgehead atoms. The van der Waals surface area contributed by atoms with Crippen LogP contribution in [0.5, 0.6) is 0 Å². The highest BCUT2D eigenvalue weighted by Crippen LogP contribution is 2.08. The number of hydrogen-bond acceptors (Lipinski definition) is 3. The molecule has 0 saturated heterocycles. The molecule has 0 aliphatic heterocycles. The van der Waals surface area contributed by atoms with Crippen LogP contribution in [0.25, 0.3) is 0 Å². The van der Waals surface area contributed by atoms with Crippen LogP contribution in [0.1, 0.15) is 30.6 Å². The molecule has 1 rings (SSSR count). The maximum Gasteiger partial charge on any atom is 0.166 e. The minimum Gasteiger partial charge on any atom is -0.378 e. The first kappa shape index (κ1) is 10.4. The van der Waals surface area contributed by atoms with Crippen LogP contribution in [0.15, 0.2) is 16.8 Å². The summed E-state index contributed by atoms with van der Waals surface area (Å²) in [5.41, 5.74) is 0.803. The number of hydrogen-bond donors (Lipinski definition) is 0. The lowest BCUT2D eigenvalue weighted by atomic mass is 10.2. The Morgan fingerprint density at radius 3 is 2.92 bits per heavy atom. The average molecular weight is 198 g/mol. The molecule has 2 nitrogen and oxygen atoms in total. The molecule has 0 saturated carbocycles. The minimum absolute atomic E-state index is 0.168. The molecule has 0 atom stereocenters. The van der Waals surface area contributed by atoms with Gasteiger partial charge in [0.05, 0.1) is 12.7 Å². The van der Waals surface area contributed by atoms with Crippen molar-refractivity contribution in [2.75, 3.05) is 6.61 Å². The van der Waals surface area contributed by atoms with Crippen LogP contribution < -0.4 is 0 Å². The van der Waals surface area contributed by atoms with Crippen LogP contribution in [-0.2, 0) is 4.74 Å². The summed E-state index contributed by atoms with van der Waals surface area (Å²) in [6.07, 6.45) is 0.685. The van der Waals surface area contributed by atoms with Crippen LogP contribution in [0.3, 0.4) is 0 Å². The zero-order valence-electron chi connectivity index (χ0n) is 7.95. The molecule has 1 aromatic heterocycles. The van der Waals surface area contributed by atoms with Crippen molar-refractivity contribution in [1.29, 1.82) is 0 Å². The first-order valence-electron chi connectivity index (χ1n) is 4.37. The second-order valence-electron chi connectivity index (χ2n) is 3.10. The monoisotopic (exact) mass is 198 g/mol. The topological polar surface area (TPSA) is 26.3 Å². The number of rotatable bonds is 5. The predicted molar refractivity (Wildman–Crippen MR) is 54.4 cm³/mol. The van der Waals surface area contributed by atoms with Gasteiger partial charge in [0, 0.05) is 17.4 Å². The molecule has 0 amide bonds. The van der Waals surface area contributed by atoms with E-state index >= 15 is 0 Å². The van der Waals surface area contributed by atoms with E-state index in [-0.39, 0.29) is 11.9 Å². The Hall–Kier alpha value is -0.670. The van der Waals surface area contributed by atoms with Gasteiger partial charge in [-0.2, -0.15) is 11.3 Å². The molecule has 0 N–H and O–H groups in total. The lowest BCUT2D eigenvalue weighted by Crippen LogP contribution is -2.08. The minimum atomic E-state index is 0.168. The van der Waals surface area contributed by atoms with Gasteiger partial charge in [-0.1, -0.05) is 0 Å². The Kier molecular flexibility index (Phi) is 4.12. The molecule has 3 heteroatoms. The Balaban J connectivity index is 2.27. The van der Waals surface area contributed by atoms with Crippen molar-refractivity contribution in [3.63, 3.8) is 0 Å². The first-order valence-corrected chi connectivity index (χ1v) is 5.31. The van der Waals surface area contributed by atoms with Crippen molar-refractivity contribution in [1.82, 2.24) is 0 Å². The van der Waals surface area contributed by atoms with Crippen molar-refractivity contribution >= 4 is 17.1 Å². The summed E-state index contributed by atoms with van der Waals surface area (Å²) in [7, 11) is 0. The van der Waals surface area contributed by atoms with Gasteiger partial charge in [0.25, 0.3) is 0 Å². The number of carbonyl (C=O) groups excluding carboxylic acids is 1. The van der Waals surface area contributed by atoms with Crippen molar-refractivity contribution in [2.24, 2.45) is 0 Å². The predicted octanol–water partition coefficient (Wildman–Crippen LogP) is 2.75. The van der Waals surface area contributed by atoms with Crippen LogP contribution in [0.2, 0.25) is 0 Å². The fourth-order valence-electron chi connectivity index (χ4n) is 0.955. The van der Waals surface area contributed by atoms with E-state index in [2.05, 4.69) is 0 Å². The third kappa shape index (κ3) is 3.70. The smallest absolute Gasteiger partial charge is 0.166 e. The van der Waals surface area contributed by atoms with E-state index in [0.717, 1.165) is 5.56 Å². The van der Waals surface area contributed by atoms with Gasteiger partial charge in [-0.3, -0.25) is 4.79 Å². The fraction of sp³-hybridized carbons (Fsp3) is 0.500. The molecular weight excluding hydrogens is 184 g/mol. The Morgan fingerprint density at radius 1 is 1.62 bits per heavy atom. The average Bonchev–Trinajstić information content (AvgIpc) is 2.55. The Morgan fingerprint density at radius 2 is 2.38 bits per heavy atom. The lowest BCUT2D eigenvalue weighted by Gasteiger charge is -2.05. The van der Waals surface area contributed by atoms with Gasteiger partial charge in [0.15, 0.2) is 5.78 Å². The summed E-state index contributed by atoms with van der Waals surface area (Å²) in [6.45, 7) is 4.45. The quantitative estimate of drug-likeness (QED) is 0.680. The maximum atomic E-state index is 11.4. The van der Waals surface area contributed by atoms with E-state index in [1.165, 1.54) is 0 Å². The third-order valence-corrected chi connectivity index (χ3v) is 2.31. The largest absolute Gasteiger partial charge is 0.378 e. The maximum absolute atomic E-state index is 11.4. The second kappa shape index (κ2) is 5.14. The van der Waals surface area contributed by atoms with Crippen molar-refractivity contribution in [3.05, 3.63) is 22.4 Å². The molecule has 0 fully saturated rings. The third-order valence-electron chi connectivity index (χ3n) is 1.62. The van der Waals surface area contributed by atoms with Crippen LogP contribution in [-0.4, -0.2) is 18.5 Å². The van der Waals surface area contributed by atoms with E-state index in [0.29, 0.717) is 13.0 Å². The van der Waals surface area contributed by atoms with Gasteiger partial charge >= 0.3 is 0 Å². The summed E-state index contributed by atoms with van der Waals surface area (Å²) >= 11 is 1.55. The van der Waals surface area contributed by atoms with Gasteiger partial charge in [0.1, 0.15) is 0 Å². The summed E-state index contributed by atoms with van der Waals surface area (Å²) in [6, 6.07) is 1.85. The fourth-order valence-corrected chi connectivity index (χ4v) is 1.62. The molecule has 0 spiro atoms. The highest BCUT2D eigenvalue weighted by Gasteiger charge is 2.05. The summed E-state index contributed by atoms with van der Waals surface area (Å²) < 4.78 is 5.29. The lowest BCUT2D eigenvalue weighted by molar-refractivity contribution is 0.0678. The molecule has 0 aliphatic rings. The molecule has 72 valence electrons. The van der Waals surface area contributed by atoms with Gasteiger partial charge in [-0.25, -0.2) is 0 Å². The second-order valence-corrected chi connectivity index (χ2v) is 3.88. The van der Waals surface area contributed by atoms with Crippen molar-refractivity contribution in [2.45, 2.75) is 26.4 Å². The number of ketones is 1. The standard InChI is InChI=1S/C10H14O2S/c1-8(2)12-5-3-10(11)9-4-6-13-7-9/h4,6-8H,3,5H2,1-2H3. The number of Topliss-reactive ketones (excluding diaryl/α,β-unsaturated/α-hetero) is 1. The van der Waals surface area contributed by atoms with Crippen molar-refractivity contribution < 1.29 is 9.53 Å². The molecule has 1 aromatic rings. The Bertz CT molecular complexity index is 252. The molecular formula is C10H14O2S. The summed E-state index contributed by atoms with van der Waals surface area (Å²) in [5, 5.41) is 3.79. The molecule has 0 aromatic carbocycles. The van der Waals surface area contributed by atoms with Gasteiger partial charge < -0.3 is 4.74 Å². The molecule has 1 heterocycles. The highest BCUT2D eigenvalue weighted by molar-refractivity contribution is 7.08. The van der Waals surface area contributed by atoms with Gasteiger partial charge in [0.2, 0.25) is 0 Å². The van der Waals surface area contributed by atoms with E-state index in [4.69, 9.17) is 4.74 Å². The normalized spacial score (nSPS) is 10.7. The molecule has 0 radical (unpaired) electrons. The van der Waals surface area contributed by atoms with E-state index in [9.17, 15) is 4.79 Å². The SMILES string of the molecule is CC(C)OCCC(=O)c1ccsc1. The highest BCUT2D eigenvalue weighted by atomic mass is 32.1. The number of ether oxygens (including phenoxy) is 1. The zero-order chi connectivity index (χ0) is 9.68. The van der Waals surface area contributed by atoms with Gasteiger partial charge in [-0.05, 0) is 25.3 Å². The number of carbonyl (C=O) groups is 1. The van der Waals surface area contributed by atoms with Crippen molar-refractivity contribution in [3.8, 4) is 0 Å².